The van der Waals surface area contributed by atoms with E-state index in [-0.39, 0.29) is 6.10 Å². The summed E-state index contributed by atoms with van der Waals surface area (Å²) < 4.78 is 11.1. The molecular formula is C15H25N3O2. The van der Waals surface area contributed by atoms with E-state index in [0.29, 0.717) is 18.3 Å². The SMILES string of the molecule is CC(C)OCC(C)(N)c1noc(C2CC3CCC2C3)n1. The molecule has 4 atom stereocenters. The number of aromatic nitrogens is 2. The fourth-order valence-corrected chi connectivity index (χ4v) is 3.57. The van der Waals surface area contributed by atoms with Gasteiger partial charge in [0, 0.05) is 5.92 Å². The zero-order valence-corrected chi connectivity index (χ0v) is 12.6. The zero-order chi connectivity index (χ0) is 14.3. The van der Waals surface area contributed by atoms with E-state index < -0.39 is 5.54 Å². The number of hydrogen-bond acceptors (Lipinski definition) is 5. The first kappa shape index (κ1) is 14.0. The first-order chi connectivity index (χ1) is 9.45. The fraction of sp³-hybridized carbons (Fsp3) is 0.867. The van der Waals surface area contributed by atoms with Crippen LogP contribution in [0.15, 0.2) is 4.52 Å². The summed E-state index contributed by atoms with van der Waals surface area (Å²) in [6, 6.07) is 0. The second-order valence-electron chi connectivity index (χ2n) is 7.01. The number of fused-ring (bicyclic) bond motifs is 2. The first-order valence-corrected chi connectivity index (χ1v) is 7.70. The van der Waals surface area contributed by atoms with Crippen molar-refractivity contribution in [2.75, 3.05) is 6.61 Å². The molecule has 0 spiro atoms. The third-order valence-electron chi connectivity index (χ3n) is 4.72. The van der Waals surface area contributed by atoms with E-state index >= 15 is 0 Å². The molecule has 2 saturated carbocycles. The van der Waals surface area contributed by atoms with Crippen LogP contribution in [0, 0.1) is 11.8 Å². The van der Waals surface area contributed by atoms with Gasteiger partial charge in [-0.2, -0.15) is 4.98 Å². The van der Waals surface area contributed by atoms with E-state index in [1.807, 2.05) is 20.8 Å². The predicted octanol–water partition coefficient (Wildman–Crippen LogP) is 2.57. The van der Waals surface area contributed by atoms with Crippen molar-refractivity contribution in [2.45, 2.75) is 64.0 Å². The molecule has 0 radical (unpaired) electrons. The van der Waals surface area contributed by atoms with E-state index in [0.717, 1.165) is 17.7 Å². The van der Waals surface area contributed by atoms with Crippen LogP contribution < -0.4 is 5.73 Å². The normalized spacial score (nSPS) is 31.9. The molecule has 1 heterocycles. The maximum Gasteiger partial charge on any atom is 0.230 e. The van der Waals surface area contributed by atoms with Crippen LogP contribution >= 0.6 is 0 Å². The van der Waals surface area contributed by atoms with Gasteiger partial charge in [0.15, 0.2) is 5.82 Å². The van der Waals surface area contributed by atoms with Gasteiger partial charge in [0.05, 0.1) is 12.7 Å². The molecular weight excluding hydrogens is 254 g/mol. The minimum Gasteiger partial charge on any atom is -0.376 e. The van der Waals surface area contributed by atoms with Crippen molar-refractivity contribution < 1.29 is 9.26 Å². The van der Waals surface area contributed by atoms with Crippen LogP contribution in [0.1, 0.15) is 64.1 Å². The van der Waals surface area contributed by atoms with Crippen molar-refractivity contribution in [2.24, 2.45) is 17.6 Å². The Bertz CT molecular complexity index is 469. The highest BCUT2D eigenvalue weighted by Crippen LogP contribution is 2.52. The van der Waals surface area contributed by atoms with Crippen molar-refractivity contribution in [3.05, 3.63) is 11.7 Å². The number of rotatable bonds is 5. The van der Waals surface area contributed by atoms with Crippen molar-refractivity contribution in [3.63, 3.8) is 0 Å². The second-order valence-corrected chi connectivity index (χ2v) is 7.01. The molecule has 0 saturated heterocycles. The Morgan fingerprint density at radius 3 is 2.80 bits per heavy atom. The average molecular weight is 279 g/mol. The molecule has 20 heavy (non-hydrogen) atoms. The van der Waals surface area contributed by atoms with Gasteiger partial charge in [-0.25, -0.2) is 0 Å². The lowest BCUT2D eigenvalue weighted by Gasteiger charge is -2.22. The van der Waals surface area contributed by atoms with Crippen LogP contribution in [0.3, 0.4) is 0 Å². The Kier molecular flexibility index (Phi) is 3.58. The van der Waals surface area contributed by atoms with Crippen molar-refractivity contribution in [3.8, 4) is 0 Å². The van der Waals surface area contributed by atoms with E-state index in [2.05, 4.69) is 10.1 Å². The Morgan fingerprint density at radius 1 is 1.40 bits per heavy atom. The van der Waals surface area contributed by atoms with Gasteiger partial charge in [-0.3, -0.25) is 0 Å². The highest BCUT2D eigenvalue weighted by molar-refractivity contribution is 5.08. The maximum atomic E-state index is 6.26. The fourth-order valence-electron chi connectivity index (χ4n) is 3.57. The molecule has 4 unspecified atom stereocenters. The van der Waals surface area contributed by atoms with Gasteiger partial charge in [0.1, 0.15) is 5.54 Å². The van der Waals surface area contributed by atoms with Crippen LogP contribution in [0.5, 0.6) is 0 Å². The van der Waals surface area contributed by atoms with Crippen molar-refractivity contribution >= 4 is 0 Å². The van der Waals surface area contributed by atoms with Crippen LogP contribution in [-0.2, 0) is 10.3 Å². The standard InChI is InChI=1S/C15H25N3O2/c1-9(2)19-8-15(3,16)14-17-13(20-18-14)12-7-10-4-5-11(12)6-10/h9-12H,4-8,16H2,1-3H3. The van der Waals surface area contributed by atoms with E-state index in [1.54, 1.807) is 0 Å². The van der Waals surface area contributed by atoms with Crippen LogP contribution in [0.25, 0.3) is 0 Å². The Labute approximate surface area is 120 Å². The van der Waals surface area contributed by atoms with E-state index in [9.17, 15) is 0 Å². The molecule has 2 aliphatic carbocycles. The van der Waals surface area contributed by atoms with Gasteiger partial charge in [-0.15, -0.1) is 0 Å². The summed E-state index contributed by atoms with van der Waals surface area (Å²) in [4.78, 5) is 4.58. The van der Waals surface area contributed by atoms with E-state index in [1.165, 1.54) is 25.7 Å². The van der Waals surface area contributed by atoms with Crippen LogP contribution in [0.2, 0.25) is 0 Å². The predicted molar refractivity (Wildman–Crippen MR) is 75.1 cm³/mol. The minimum atomic E-state index is -0.691. The molecule has 2 fully saturated rings. The third kappa shape index (κ3) is 2.61. The van der Waals surface area contributed by atoms with Crippen LogP contribution in [0.4, 0.5) is 0 Å². The van der Waals surface area contributed by atoms with Crippen molar-refractivity contribution in [1.82, 2.24) is 10.1 Å². The quantitative estimate of drug-likeness (QED) is 0.896. The molecule has 112 valence electrons. The summed E-state index contributed by atoms with van der Waals surface area (Å²) in [7, 11) is 0. The molecule has 0 aromatic carbocycles. The zero-order valence-electron chi connectivity index (χ0n) is 12.6. The van der Waals surface area contributed by atoms with Gasteiger partial charge in [-0.1, -0.05) is 11.6 Å². The van der Waals surface area contributed by atoms with Crippen molar-refractivity contribution in [1.29, 1.82) is 0 Å². The van der Waals surface area contributed by atoms with Gasteiger partial charge < -0.3 is 15.0 Å². The molecule has 2 N–H and O–H groups in total. The number of nitrogens with two attached hydrogens (primary N) is 1. The molecule has 5 heteroatoms. The summed E-state index contributed by atoms with van der Waals surface area (Å²) in [6.07, 6.45) is 5.37. The summed E-state index contributed by atoms with van der Waals surface area (Å²) >= 11 is 0. The number of ether oxygens (including phenoxy) is 1. The molecule has 2 aliphatic rings. The lowest BCUT2D eigenvalue weighted by atomic mass is 9.89. The lowest BCUT2D eigenvalue weighted by molar-refractivity contribution is 0.0410. The van der Waals surface area contributed by atoms with Gasteiger partial charge in [0.2, 0.25) is 5.89 Å². The molecule has 1 aromatic rings. The largest absolute Gasteiger partial charge is 0.376 e. The number of nitrogens with zero attached hydrogens (tertiary/aromatic N) is 2. The van der Waals surface area contributed by atoms with Gasteiger partial charge in [-0.05, 0) is 51.9 Å². The maximum absolute atomic E-state index is 6.26. The molecule has 3 rings (SSSR count). The Hall–Kier alpha value is -0.940. The third-order valence-corrected chi connectivity index (χ3v) is 4.72. The van der Waals surface area contributed by atoms with Gasteiger partial charge >= 0.3 is 0 Å². The molecule has 1 aromatic heterocycles. The van der Waals surface area contributed by atoms with Gasteiger partial charge in [0.25, 0.3) is 0 Å². The summed E-state index contributed by atoms with van der Waals surface area (Å²) in [5.74, 6) is 3.42. The second kappa shape index (κ2) is 5.11. The highest BCUT2D eigenvalue weighted by Gasteiger charge is 2.43. The Morgan fingerprint density at radius 2 is 2.20 bits per heavy atom. The summed E-state index contributed by atoms with van der Waals surface area (Å²) in [6.45, 7) is 6.28. The molecule has 0 amide bonds. The van der Waals surface area contributed by atoms with E-state index in [4.69, 9.17) is 15.0 Å². The summed E-state index contributed by atoms with van der Waals surface area (Å²) in [5.41, 5.74) is 5.57. The number of hydrogen-bond donors (Lipinski definition) is 1. The molecule has 0 aliphatic heterocycles. The summed E-state index contributed by atoms with van der Waals surface area (Å²) in [5, 5.41) is 4.10. The average Bonchev–Trinajstić information content (AvgIpc) is 3.11. The molecule has 2 bridgehead atoms. The Balaban J connectivity index is 1.70. The highest BCUT2D eigenvalue weighted by atomic mass is 16.5. The first-order valence-electron chi connectivity index (χ1n) is 7.70. The monoisotopic (exact) mass is 279 g/mol. The minimum absolute atomic E-state index is 0.148. The van der Waals surface area contributed by atoms with Crippen LogP contribution in [-0.4, -0.2) is 22.9 Å². The smallest absolute Gasteiger partial charge is 0.230 e. The topological polar surface area (TPSA) is 74.2 Å². The molecule has 5 nitrogen and oxygen atoms in total. The lowest BCUT2D eigenvalue weighted by Crippen LogP contribution is -2.40.